The molecular weight excluding hydrogens is 320 g/mol. The quantitative estimate of drug-likeness (QED) is 0.517. The Hall–Kier alpha value is -1.96. The van der Waals surface area contributed by atoms with Crippen molar-refractivity contribution in [2.45, 2.75) is 32.2 Å². The van der Waals surface area contributed by atoms with Crippen LogP contribution in [0.2, 0.25) is 0 Å². The summed E-state index contributed by atoms with van der Waals surface area (Å²) in [5.41, 5.74) is 8.37. The zero-order valence-corrected chi connectivity index (χ0v) is 14.8. The van der Waals surface area contributed by atoms with Crippen molar-refractivity contribution in [3.63, 3.8) is 0 Å². The maximum atomic E-state index is 12.3. The molecule has 25 heavy (non-hydrogen) atoms. The molecule has 0 bridgehead atoms. The van der Waals surface area contributed by atoms with E-state index < -0.39 is 17.9 Å². The summed E-state index contributed by atoms with van der Waals surface area (Å²) in [6.07, 6.45) is 2.40. The number of rotatable bonds is 6. The largest absolute Gasteiger partial charge is 0.366 e. The minimum absolute atomic E-state index is 0.331. The predicted octanol–water partition coefficient (Wildman–Crippen LogP) is 0.620. The second kappa shape index (κ2) is 9.50. The summed E-state index contributed by atoms with van der Waals surface area (Å²) in [7, 11) is 0. The lowest BCUT2D eigenvalue weighted by molar-refractivity contribution is -0.135. The molecule has 0 spiro atoms. The summed E-state index contributed by atoms with van der Waals surface area (Å²) in [6.45, 7) is 6.59. The highest BCUT2D eigenvalue weighted by molar-refractivity contribution is 5.94. The Morgan fingerprint density at radius 3 is 2.60 bits per heavy atom. The number of carbonyl (C=O) groups excluding carboxylic acids is 2. The van der Waals surface area contributed by atoms with Gasteiger partial charge in [0.15, 0.2) is 0 Å². The van der Waals surface area contributed by atoms with E-state index in [4.69, 9.17) is 5.73 Å². The van der Waals surface area contributed by atoms with E-state index in [1.807, 2.05) is 6.07 Å². The first-order valence-electron chi connectivity index (χ1n) is 8.84. The highest BCUT2D eigenvalue weighted by Gasteiger charge is 2.28. The van der Waals surface area contributed by atoms with Crippen LogP contribution in [0.4, 0.5) is 0 Å². The van der Waals surface area contributed by atoms with Crippen molar-refractivity contribution in [1.29, 1.82) is 0 Å². The molecule has 0 aromatic heterocycles. The van der Waals surface area contributed by atoms with Crippen LogP contribution in [0.1, 0.15) is 35.7 Å². The highest BCUT2D eigenvalue weighted by Crippen LogP contribution is 2.16. The third kappa shape index (κ3) is 5.26. The molecule has 0 saturated carbocycles. The molecule has 2 amide bonds. The summed E-state index contributed by atoms with van der Waals surface area (Å²) in [4.78, 5) is 28.4. The maximum absolute atomic E-state index is 12.3. The van der Waals surface area contributed by atoms with Crippen molar-refractivity contribution in [1.82, 2.24) is 15.3 Å². The van der Waals surface area contributed by atoms with E-state index >= 15 is 0 Å². The van der Waals surface area contributed by atoms with E-state index in [-0.39, 0.29) is 0 Å². The average Bonchev–Trinajstić information content (AvgIpc) is 2.60. The molecular formula is C18H28N4O3. The highest BCUT2D eigenvalue weighted by atomic mass is 16.5. The summed E-state index contributed by atoms with van der Waals surface area (Å²) in [6, 6.07) is 6.50. The standard InChI is InChI=1S/C18H28N4O3/c1-2-21-9-5-6-10-22(12-11-21)16(18(24)20-25)13-14-7-3-4-8-15(14)17(19)23/h3-4,7-8,16,25H,2,5-6,9-13H2,1H3,(H2,19,23)(H,20,24)/t16-/m0/s1. The van der Waals surface area contributed by atoms with E-state index in [2.05, 4.69) is 16.7 Å². The van der Waals surface area contributed by atoms with Crippen LogP contribution in [-0.2, 0) is 11.2 Å². The molecule has 1 aliphatic rings. The van der Waals surface area contributed by atoms with Gasteiger partial charge in [0.2, 0.25) is 5.91 Å². The average molecular weight is 348 g/mol. The number of nitrogens with zero attached hydrogens (tertiary/aromatic N) is 2. The van der Waals surface area contributed by atoms with Gasteiger partial charge in [-0.15, -0.1) is 0 Å². The molecule has 1 aliphatic heterocycles. The molecule has 0 aliphatic carbocycles. The van der Waals surface area contributed by atoms with E-state index in [1.165, 1.54) is 0 Å². The summed E-state index contributed by atoms with van der Waals surface area (Å²) in [5, 5.41) is 9.19. The number of likely N-dealkylation sites (N-methyl/N-ethyl adjacent to an activating group) is 1. The number of hydroxylamine groups is 1. The van der Waals surface area contributed by atoms with E-state index in [1.54, 1.807) is 23.7 Å². The third-order valence-electron chi connectivity index (χ3n) is 4.87. The summed E-state index contributed by atoms with van der Waals surface area (Å²) >= 11 is 0. The fourth-order valence-electron chi connectivity index (χ4n) is 3.38. The zero-order valence-electron chi connectivity index (χ0n) is 14.8. The van der Waals surface area contributed by atoms with Crippen molar-refractivity contribution in [3.05, 3.63) is 35.4 Å². The molecule has 1 aromatic carbocycles. The van der Waals surface area contributed by atoms with Crippen molar-refractivity contribution >= 4 is 11.8 Å². The third-order valence-corrected chi connectivity index (χ3v) is 4.87. The fraction of sp³-hybridized carbons (Fsp3) is 0.556. The van der Waals surface area contributed by atoms with Gasteiger partial charge in [-0.1, -0.05) is 25.1 Å². The van der Waals surface area contributed by atoms with Crippen molar-refractivity contribution in [3.8, 4) is 0 Å². The van der Waals surface area contributed by atoms with Crippen LogP contribution in [0, 0.1) is 0 Å². The Bertz CT molecular complexity index is 593. The van der Waals surface area contributed by atoms with Gasteiger partial charge in [-0.05, 0) is 50.5 Å². The lowest BCUT2D eigenvalue weighted by Crippen LogP contribution is -2.51. The van der Waals surface area contributed by atoms with E-state index in [0.29, 0.717) is 12.0 Å². The molecule has 7 nitrogen and oxygen atoms in total. The minimum Gasteiger partial charge on any atom is -0.366 e. The van der Waals surface area contributed by atoms with Gasteiger partial charge in [-0.3, -0.25) is 19.7 Å². The Morgan fingerprint density at radius 1 is 1.20 bits per heavy atom. The van der Waals surface area contributed by atoms with Crippen LogP contribution in [0.15, 0.2) is 24.3 Å². The summed E-state index contributed by atoms with van der Waals surface area (Å²) < 4.78 is 0. The van der Waals surface area contributed by atoms with Crippen molar-refractivity contribution in [2.75, 3.05) is 32.7 Å². The normalized spacial score (nSPS) is 18.2. The topological polar surface area (TPSA) is 98.9 Å². The Morgan fingerprint density at radius 2 is 1.92 bits per heavy atom. The van der Waals surface area contributed by atoms with Crippen LogP contribution >= 0.6 is 0 Å². The van der Waals surface area contributed by atoms with Crippen molar-refractivity contribution < 1.29 is 14.8 Å². The number of primary amides is 1. The first-order valence-corrected chi connectivity index (χ1v) is 8.84. The van der Waals surface area contributed by atoms with Gasteiger partial charge >= 0.3 is 0 Å². The SMILES string of the molecule is CCN1CCCCN([C@@H](Cc2ccccc2C(N)=O)C(=O)NO)CC1. The first-order chi connectivity index (χ1) is 12.1. The Kier molecular flexibility index (Phi) is 7.36. The number of nitrogens with one attached hydrogen (secondary N) is 1. The lowest BCUT2D eigenvalue weighted by atomic mass is 9.98. The second-order valence-corrected chi connectivity index (χ2v) is 6.39. The maximum Gasteiger partial charge on any atom is 0.261 e. The van der Waals surface area contributed by atoms with Crippen LogP contribution in [0.25, 0.3) is 0 Å². The molecule has 1 atom stereocenters. The molecule has 0 radical (unpaired) electrons. The number of benzene rings is 1. The van der Waals surface area contributed by atoms with Crippen molar-refractivity contribution in [2.24, 2.45) is 5.73 Å². The summed E-state index contributed by atoms with van der Waals surface area (Å²) in [5.74, 6) is -0.966. The molecule has 138 valence electrons. The van der Waals surface area contributed by atoms with E-state index in [9.17, 15) is 14.8 Å². The fourth-order valence-corrected chi connectivity index (χ4v) is 3.38. The molecule has 1 heterocycles. The number of amides is 2. The Balaban J connectivity index is 2.21. The Labute approximate surface area is 148 Å². The van der Waals surface area contributed by atoms with Gasteiger partial charge in [0.25, 0.3) is 5.91 Å². The van der Waals surface area contributed by atoms with Crippen LogP contribution in [0.5, 0.6) is 0 Å². The predicted molar refractivity (Wildman–Crippen MR) is 95.3 cm³/mol. The van der Waals surface area contributed by atoms with Crippen LogP contribution in [0.3, 0.4) is 0 Å². The van der Waals surface area contributed by atoms with Gasteiger partial charge in [0.1, 0.15) is 0 Å². The number of hydrogen-bond donors (Lipinski definition) is 3. The number of carbonyl (C=O) groups is 2. The molecule has 7 heteroatoms. The molecule has 1 fully saturated rings. The van der Waals surface area contributed by atoms with Crippen LogP contribution in [-0.4, -0.2) is 65.6 Å². The van der Waals surface area contributed by atoms with Gasteiger partial charge in [-0.2, -0.15) is 0 Å². The molecule has 1 saturated heterocycles. The molecule has 4 N–H and O–H groups in total. The second-order valence-electron chi connectivity index (χ2n) is 6.39. The minimum atomic E-state index is -0.540. The van der Waals surface area contributed by atoms with Gasteiger partial charge in [-0.25, -0.2) is 5.48 Å². The smallest absolute Gasteiger partial charge is 0.261 e. The molecule has 2 rings (SSSR count). The number of hydrogen-bond acceptors (Lipinski definition) is 5. The lowest BCUT2D eigenvalue weighted by Gasteiger charge is -2.34. The van der Waals surface area contributed by atoms with Gasteiger partial charge in [0, 0.05) is 18.7 Å². The van der Waals surface area contributed by atoms with Gasteiger partial charge < -0.3 is 10.6 Å². The zero-order chi connectivity index (χ0) is 18.2. The first kappa shape index (κ1) is 19.4. The molecule has 1 aromatic rings. The van der Waals surface area contributed by atoms with Crippen LogP contribution < -0.4 is 11.2 Å². The van der Waals surface area contributed by atoms with Gasteiger partial charge in [0.05, 0.1) is 6.04 Å². The number of nitrogens with two attached hydrogens (primary N) is 1. The monoisotopic (exact) mass is 348 g/mol. The molecule has 0 unspecified atom stereocenters. The van der Waals surface area contributed by atoms with E-state index in [0.717, 1.165) is 51.1 Å².